The molecule has 1 amide bonds. The number of nitro benzene ring substituents is 1. The average Bonchev–Trinajstić information content (AvgIpc) is 3.46. The van der Waals surface area contributed by atoms with Gasteiger partial charge in [-0.1, -0.05) is 6.07 Å². The highest BCUT2D eigenvalue weighted by atomic mass is 32.1. The maximum atomic E-state index is 12.9. The fourth-order valence-electron chi connectivity index (χ4n) is 4.01. The van der Waals surface area contributed by atoms with Crippen molar-refractivity contribution in [3.63, 3.8) is 0 Å². The van der Waals surface area contributed by atoms with E-state index < -0.39 is 16.8 Å². The number of methoxy groups -OCH3 is 1. The molecular formula is C25H21N3O6S. The summed E-state index contributed by atoms with van der Waals surface area (Å²) in [6.45, 7) is 1.75. The van der Waals surface area contributed by atoms with Gasteiger partial charge in [0, 0.05) is 17.0 Å². The summed E-state index contributed by atoms with van der Waals surface area (Å²) in [6, 6.07) is 9.68. The molecule has 0 atom stereocenters. The molecule has 1 aliphatic rings. The molecule has 3 aromatic rings. The van der Waals surface area contributed by atoms with Crippen molar-refractivity contribution in [1.82, 2.24) is 0 Å². The van der Waals surface area contributed by atoms with Gasteiger partial charge < -0.3 is 14.5 Å². The summed E-state index contributed by atoms with van der Waals surface area (Å²) in [5, 5.41) is 24.1. The molecule has 2 heterocycles. The van der Waals surface area contributed by atoms with Crippen LogP contribution < -0.4 is 5.32 Å². The number of nitriles is 1. The number of ether oxygens (including phenoxy) is 1. The molecule has 1 aromatic carbocycles. The lowest BCUT2D eigenvalue weighted by Gasteiger charge is -2.11. The Morgan fingerprint density at radius 1 is 1.26 bits per heavy atom. The first-order valence-corrected chi connectivity index (χ1v) is 11.6. The summed E-state index contributed by atoms with van der Waals surface area (Å²) in [6.07, 6.45) is 4.76. The Morgan fingerprint density at radius 2 is 2.03 bits per heavy atom. The SMILES string of the molecule is COC(=O)c1c(NC(=O)/C(C#N)=C/c2ccc(-c3ccc(C)cc3[N+](=O)[O-])o2)sc2c1CCCC2. The number of fused-ring (bicyclic) bond motifs is 1. The van der Waals surface area contributed by atoms with Crippen molar-refractivity contribution in [2.45, 2.75) is 32.6 Å². The van der Waals surface area contributed by atoms with Crippen LogP contribution in [0.1, 0.15) is 45.0 Å². The van der Waals surface area contributed by atoms with Crippen LogP contribution in [0.4, 0.5) is 10.7 Å². The van der Waals surface area contributed by atoms with Gasteiger partial charge in [0.25, 0.3) is 11.6 Å². The molecule has 0 radical (unpaired) electrons. The standard InChI is InChI=1S/C25H21N3O6S/c1-14-7-9-17(19(11-14)28(31)32)20-10-8-16(34-20)12-15(13-26)23(29)27-24-22(25(30)33-2)18-5-3-4-6-21(18)35-24/h7-12H,3-6H2,1-2H3,(H,27,29)/b15-12+. The van der Waals surface area contributed by atoms with E-state index >= 15 is 0 Å². The number of aryl methyl sites for hydroxylation is 2. The Kier molecular flexibility index (Phi) is 6.80. The van der Waals surface area contributed by atoms with E-state index in [1.807, 2.05) is 6.07 Å². The maximum Gasteiger partial charge on any atom is 0.341 e. The largest absolute Gasteiger partial charge is 0.465 e. The lowest BCUT2D eigenvalue weighted by atomic mass is 9.95. The number of rotatable bonds is 6. The number of nitro groups is 1. The predicted molar refractivity (Wildman–Crippen MR) is 130 cm³/mol. The summed E-state index contributed by atoms with van der Waals surface area (Å²) < 4.78 is 10.6. The highest BCUT2D eigenvalue weighted by Gasteiger charge is 2.27. The highest BCUT2D eigenvalue weighted by molar-refractivity contribution is 7.17. The summed E-state index contributed by atoms with van der Waals surface area (Å²) >= 11 is 1.32. The van der Waals surface area contributed by atoms with Gasteiger partial charge >= 0.3 is 5.97 Å². The average molecular weight is 492 g/mol. The number of anilines is 1. The normalized spacial score (nSPS) is 13.0. The van der Waals surface area contributed by atoms with Crippen LogP contribution in [0.3, 0.4) is 0 Å². The van der Waals surface area contributed by atoms with Gasteiger partial charge in [-0.05, 0) is 61.9 Å². The number of amides is 1. The first kappa shape index (κ1) is 23.9. The monoisotopic (exact) mass is 491 g/mol. The zero-order valence-electron chi connectivity index (χ0n) is 19.0. The zero-order chi connectivity index (χ0) is 25.1. The van der Waals surface area contributed by atoms with E-state index in [9.17, 15) is 25.0 Å². The molecule has 9 nitrogen and oxygen atoms in total. The number of esters is 1. The lowest BCUT2D eigenvalue weighted by molar-refractivity contribution is -0.384. The number of carbonyl (C=O) groups is 2. The molecule has 10 heteroatoms. The van der Waals surface area contributed by atoms with Crippen molar-refractivity contribution in [1.29, 1.82) is 5.26 Å². The molecule has 0 aliphatic heterocycles. The first-order valence-electron chi connectivity index (χ1n) is 10.8. The predicted octanol–water partition coefficient (Wildman–Crippen LogP) is 5.44. The van der Waals surface area contributed by atoms with Crippen LogP contribution in [0.15, 0.2) is 40.3 Å². The lowest BCUT2D eigenvalue weighted by Crippen LogP contribution is -2.16. The fourth-order valence-corrected chi connectivity index (χ4v) is 5.28. The van der Waals surface area contributed by atoms with Gasteiger partial charge in [-0.2, -0.15) is 5.26 Å². The van der Waals surface area contributed by atoms with Crippen LogP contribution >= 0.6 is 11.3 Å². The molecule has 0 bridgehead atoms. The van der Waals surface area contributed by atoms with Crippen molar-refractivity contribution in [3.8, 4) is 17.4 Å². The second-order valence-corrected chi connectivity index (χ2v) is 9.12. The molecule has 0 saturated carbocycles. The maximum absolute atomic E-state index is 12.9. The third-order valence-electron chi connectivity index (χ3n) is 5.68. The van der Waals surface area contributed by atoms with Crippen LogP contribution in [-0.4, -0.2) is 23.9 Å². The molecule has 4 rings (SSSR count). The van der Waals surface area contributed by atoms with E-state index in [0.717, 1.165) is 41.7 Å². The molecular weight excluding hydrogens is 470 g/mol. The Morgan fingerprint density at radius 3 is 2.74 bits per heavy atom. The number of hydrogen-bond acceptors (Lipinski definition) is 8. The zero-order valence-corrected chi connectivity index (χ0v) is 19.9. The molecule has 1 aliphatic carbocycles. The minimum Gasteiger partial charge on any atom is -0.465 e. The third kappa shape index (κ3) is 4.85. The summed E-state index contributed by atoms with van der Waals surface area (Å²) in [4.78, 5) is 37.3. The van der Waals surface area contributed by atoms with Crippen molar-refractivity contribution in [3.05, 3.63) is 73.3 Å². The summed E-state index contributed by atoms with van der Waals surface area (Å²) in [7, 11) is 1.29. The Hall–Kier alpha value is -4.23. The molecule has 0 fully saturated rings. The number of hydrogen-bond donors (Lipinski definition) is 1. The summed E-state index contributed by atoms with van der Waals surface area (Å²) in [5.41, 5.74) is 1.90. The smallest absolute Gasteiger partial charge is 0.341 e. The van der Waals surface area contributed by atoms with Gasteiger partial charge in [0.1, 0.15) is 28.2 Å². The van der Waals surface area contributed by atoms with Gasteiger partial charge in [0.05, 0.1) is 23.2 Å². The van der Waals surface area contributed by atoms with E-state index in [-0.39, 0.29) is 28.3 Å². The van der Waals surface area contributed by atoms with Gasteiger partial charge in [0.15, 0.2) is 0 Å². The van der Waals surface area contributed by atoms with Crippen molar-refractivity contribution >= 4 is 40.0 Å². The van der Waals surface area contributed by atoms with E-state index in [4.69, 9.17) is 9.15 Å². The molecule has 35 heavy (non-hydrogen) atoms. The Balaban J connectivity index is 1.62. The van der Waals surface area contributed by atoms with Gasteiger partial charge in [-0.25, -0.2) is 4.79 Å². The number of nitrogens with one attached hydrogen (secondary N) is 1. The van der Waals surface area contributed by atoms with Crippen molar-refractivity contribution < 1.29 is 23.7 Å². The minimum atomic E-state index is -0.699. The highest BCUT2D eigenvalue weighted by Crippen LogP contribution is 2.39. The Labute approximate surface area is 204 Å². The second-order valence-electron chi connectivity index (χ2n) is 8.01. The molecule has 178 valence electrons. The van der Waals surface area contributed by atoms with Gasteiger partial charge in [-0.3, -0.25) is 14.9 Å². The number of nitrogens with zero attached hydrogens (tertiary/aromatic N) is 2. The van der Waals surface area contributed by atoms with Crippen LogP contribution in [0.5, 0.6) is 0 Å². The Bertz CT molecular complexity index is 1410. The minimum absolute atomic E-state index is 0.106. The van der Waals surface area contributed by atoms with Gasteiger partial charge in [0.2, 0.25) is 0 Å². The third-order valence-corrected chi connectivity index (χ3v) is 6.89. The van der Waals surface area contributed by atoms with Crippen LogP contribution in [-0.2, 0) is 22.4 Å². The summed E-state index contributed by atoms with van der Waals surface area (Å²) in [5.74, 6) is -0.812. The van der Waals surface area contributed by atoms with Gasteiger partial charge in [-0.15, -0.1) is 11.3 Å². The van der Waals surface area contributed by atoms with E-state index in [1.54, 1.807) is 25.1 Å². The number of benzene rings is 1. The molecule has 0 spiro atoms. The quantitative estimate of drug-likeness (QED) is 0.159. The topological polar surface area (TPSA) is 135 Å². The second kappa shape index (κ2) is 9.95. The molecule has 0 unspecified atom stereocenters. The number of carbonyl (C=O) groups excluding carboxylic acids is 2. The van der Waals surface area contributed by atoms with Crippen LogP contribution in [0, 0.1) is 28.4 Å². The molecule has 1 N–H and O–H groups in total. The van der Waals surface area contributed by atoms with Crippen molar-refractivity contribution in [2.24, 2.45) is 0 Å². The molecule has 0 saturated heterocycles. The van der Waals surface area contributed by atoms with E-state index in [0.29, 0.717) is 10.6 Å². The fraction of sp³-hybridized carbons (Fsp3) is 0.240. The number of thiophene rings is 1. The van der Waals surface area contributed by atoms with Crippen molar-refractivity contribution in [2.75, 3.05) is 12.4 Å². The van der Waals surface area contributed by atoms with E-state index in [2.05, 4.69) is 5.32 Å². The first-order chi connectivity index (χ1) is 16.8. The van der Waals surface area contributed by atoms with Crippen LogP contribution in [0.25, 0.3) is 17.4 Å². The van der Waals surface area contributed by atoms with Crippen LogP contribution in [0.2, 0.25) is 0 Å². The molecule has 2 aromatic heterocycles. The van der Waals surface area contributed by atoms with E-state index in [1.165, 1.54) is 36.7 Å². The number of furan rings is 1.